The molecule has 3 fully saturated rings. The zero-order valence-electron chi connectivity index (χ0n) is 12.5. The molecular weight excluding hydrogens is 254 g/mol. The highest BCUT2D eigenvalue weighted by Crippen LogP contribution is 2.45. The largest absolute Gasteiger partial charge is 0.396 e. The van der Waals surface area contributed by atoms with Gasteiger partial charge in [-0.1, -0.05) is 0 Å². The van der Waals surface area contributed by atoms with Crippen molar-refractivity contribution in [1.82, 2.24) is 10.2 Å². The number of hydrogen-bond donors (Lipinski definition) is 2. The summed E-state index contributed by atoms with van der Waals surface area (Å²) >= 11 is 0. The highest BCUT2D eigenvalue weighted by Gasteiger charge is 2.44. The van der Waals surface area contributed by atoms with Crippen LogP contribution >= 0.6 is 0 Å². The molecule has 1 saturated carbocycles. The minimum absolute atomic E-state index is 0.0918. The Morgan fingerprint density at radius 3 is 2.80 bits per heavy atom. The summed E-state index contributed by atoms with van der Waals surface area (Å²) in [5.41, 5.74) is 0.457. The first-order valence-corrected chi connectivity index (χ1v) is 7.93. The van der Waals surface area contributed by atoms with Gasteiger partial charge in [0.05, 0.1) is 19.8 Å². The van der Waals surface area contributed by atoms with Crippen molar-refractivity contribution in [1.29, 1.82) is 0 Å². The fourth-order valence-electron chi connectivity index (χ4n) is 3.30. The van der Waals surface area contributed by atoms with Gasteiger partial charge in [0.25, 0.3) is 0 Å². The van der Waals surface area contributed by atoms with E-state index < -0.39 is 0 Å². The molecule has 3 rings (SSSR count). The second kappa shape index (κ2) is 5.53. The number of aliphatic hydroxyl groups is 1. The maximum absolute atomic E-state index is 9.41. The van der Waals surface area contributed by atoms with Gasteiger partial charge in [-0.05, 0) is 32.6 Å². The number of nitrogens with zero attached hydrogens (tertiary/aromatic N) is 2. The van der Waals surface area contributed by atoms with Crippen LogP contribution in [0, 0.1) is 10.8 Å². The second-order valence-electron chi connectivity index (χ2n) is 6.80. The fourth-order valence-corrected chi connectivity index (χ4v) is 3.30. The van der Waals surface area contributed by atoms with Crippen molar-refractivity contribution < 1.29 is 9.84 Å². The SMILES string of the molecule is CCNC(=NCC1(CO)CC1)N1CCC2(CCOC2)C1. The Kier molecular flexibility index (Phi) is 3.91. The van der Waals surface area contributed by atoms with E-state index in [1.165, 1.54) is 12.8 Å². The Morgan fingerprint density at radius 1 is 1.35 bits per heavy atom. The van der Waals surface area contributed by atoms with Crippen LogP contribution in [-0.4, -0.2) is 62.0 Å². The van der Waals surface area contributed by atoms with Gasteiger partial charge >= 0.3 is 0 Å². The number of ether oxygens (including phenoxy) is 1. The fraction of sp³-hybridized carbons (Fsp3) is 0.933. The van der Waals surface area contributed by atoms with Crippen molar-refractivity contribution in [2.24, 2.45) is 15.8 Å². The Labute approximate surface area is 121 Å². The van der Waals surface area contributed by atoms with Gasteiger partial charge in [-0.25, -0.2) is 0 Å². The first kappa shape index (κ1) is 14.1. The Hall–Kier alpha value is -0.810. The molecule has 1 spiro atoms. The van der Waals surface area contributed by atoms with Gasteiger partial charge in [0.15, 0.2) is 5.96 Å². The van der Waals surface area contributed by atoms with E-state index in [0.29, 0.717) is 5.41 Å². The molecule has 114 valence electrons. The van der Waals surface area contributed by atoms with Gasteiger partial charge < -0.3 is 20.1 Å². The van der Waals surface area contributed by atoms with Gasteiger partial charge in [0.1, 0.15) is 0 Å². The van der Waals surface area contributed by atoms with Gasteiger partial charge in [-0.15, -0.1) is 0 Å². The topological polar surface area (TPSA) is 57.1 Å². The molecule has 2 heterocycles. The van der Waals surface area contributed by atoms with Gasteiger partial charge in [-0.3, -0.25) is 4.99 Å². The molecule has 0 bridgehead atoms. The van der Waals surface area contributed by atoms with Crippen LogP contribution in [0.15, 0.2) is 4.99 Å². The average Bonchev–Trinajstić information content (AvgIpc) is 2.92. The zero-order chi connectivity index (χ0) is 14.1. The lowest BCUT2D eigenvalue weighted by atomic mass is 9.87. The summed E-state index contributed by atoms with van der Waals surface area (Å²) in [5.74, 6) is 1.02. The molecule has 1 atom stereocenters. The van der Waals surface area contributed by atoms with Crippen molar-refractivity contribution in [3.63, 3.8) is 0 Å². The molecule has 1 unspecified atom stereocenters. The standard InChI is InChI=1S/C15H27N3O2/c1-2-16-13(17-9-14(11-19)3-4-14)18-7-5-15(10-18)6-8-20-12-15/h19H,2-12H2,1H3,(H,16,17). The van der Waals surface area contributed by atoms with E-state index in [1.54, 1.807) is 0 Å². The van der Waals surface area contributed by atoms with E-state index in [4.69, 9.17) is 9.73 Å². The number of nitrogens with one attached hydrogen (secondary N) is 1. The molecule has 0 amide bonds. The lowest BCUT2D eigenvalue weighted by Crippen LogP contribution is -2.42. The Balaban J connectivity index is 1.63. The molecule has 5 nitrogen and oxygen atoms in total. The highest BCUT2D eigenvalue weighted by molar-refractivity contribution is 5.80. The third-order valence-corrected chi connectivity index (χ3v) is 5.11. The maximum Gasteiger partial charge on any atom is 0.193 e. The predicted octanol–water partition coefficient (Wildman–Crippen LogP) is 0.837. The molecule has 2 aliphatic heterocycles. The molecule has 5 heteroatoms. The molecular formula is C15H27N3O2. The molecule has 0 radical (unpaired) electrons. The second-order valence-corrected chi connectivity index (χ2v) is 6.80. The molecule has 1 aliphatic carbocycles. The van der Waals surface area contributed by atoms with Crippen LogP contribution in [0.5, 0.6) is 0 Å². The van der Waals surface area contributed by atoms with Crippen molar-refractivity contribution in [3.05, 3.63) is 0 Å². The van der Waals surface area contributed by atoms with Crippen molar-refractivity contribution in [3.8, 4) is 0 Å². The predicted molar refractivity (Wildman–Crippen MR) is 78.8 cm³/mol. The van der Waals surface area contributed by atoms with E-state index in [2.05, 4.69) is 17.1 Å². The third-order valence-electron chi connectivity index (χ3n) is 5.11. The van der Waals surface area contributed by atoms with Gasteiger partial charge in [-0.2, -0.15) is 0 Å². The molecule has 0 aromatic carbocycles. The molecule has 3 aliphatic rings. The van der Waals surface area contributed by atoms with Crippen LogP contribution in [0.25, 0.3) is 0 Å². The van der Waals surface area contributed by atoms with Gasteiger partial charge in [0.2, 0.25) is 0 Å². The molecule has 2 N–H and O–H groups in total. The molecule has 0 aromatic heterocycles. The third kappa shape index (κ3) is 2.79. The van der Waals surface area contributed by atoms with E-state index in [-0.39, 0.29) is 12.0 Å². The van der Waals surface area contributed by atoms with Crippen LogP contribution in [0.3, 0.4) is 0 Å². The van der Waals surface area contributed by atoms with Gasteiger partial charge in [0, 0.05) is 37.1 Å². The first-order valence-electron chi connectivity index (χ1n) is 7.93. The quantitative estimate of drug-likeness (QED) is 0.592. The van der Waals surface area contributed by atoms with Crippen molar-refractivity contribution >= 4 is 5.96 Å². The van der Waals surface area contributed by atoms with Crippen LogP contribution in [0.1, 0.15) is 32.6 Å². The van der Waals surface area contributed by atoms with E-state index in [9.17, 15) is 5.11 Å². The highest BCUT2D eigenvalue weighted by atomic mass is 16.5. The number of aliphatic hydroxyl groups excluding tert-OH is 1. The maximum atomic E-state index is 9.41. The molecule has 0 aromatic rings. The molecule has 20 heavy (non-hydrogen) atoms. The number of rotatable bonds is 4. The monoisotopic (exact) mass is 281 g/mol. The van der Waals surface area contributed by atoms with Crippen molar-refractivity contribution in [2.75, 3.05) is 46.0 Å². The summed E-state index contributed by atoms with van der Waals surface area (Å²) in [6.07, 6.45) is 4.63. The molecule has 2 saturated heterocycles. The summed E-state index contributed by atoms with van der Waals surface area (Å²) in [6, 6.07) is 0. The summed E-state index contributed by atoms with van der Waals surface area (Å²) in [4.78, 5) is 7.17. The van der Waals surface area contributed by atoms with Crippen molar-refractivity contribution in [2.45, 2.75) is 32.6 Å². The smallest absolute Gasteiger partial charge is 0.193 e. The van der Waals surface area contributed by atoms with E-state index in [0.717, 1.165) is 58.2 Å². The zero-order valence-corrected chi connectivity index (χ0v) is 12.5. The normalized spacial score (nSPS) is 32.1. The lowest BCUT2D eigenvalue weighted by molar-refractivity contribution is 0.156. The van der Waals surface area contributed by atoms with Crippen LogP contribution in [0.4, 0.5) is 0 Å². The van der Waals surface area contributed by atoms with E-state index >= 15 is 0 Å². The Bertz CT molecular complexity index is 373. The minimum Gasteiger partial charge on any atom is -0.396 e. The van der Waals surface area contributed by atoms with Crippen LogP contribution < -0.4 is 5.32 Å². The van der Waals surface area contributed by atoms with Crippen LogP contribution in [-0.2, 0) is 4.74 Å². The minimum atomic E-state index is 0.0918. The first-order chi connectivity index (χ1) is 9.71. The number of guanidine groups is 1. The Morgan fingerprint density at radius 2 is 2.20 bits per heavy atom. The summed E-state index contributed by atoms with van der Waals surface area (Å²) in [6.45, 7) is 7.98. The lowest BCUT2D eigenvalue weighted by Gasteiger charge is -2.25. The number of aliphatic imine (C=N–C) groups is 1. The van der Waals surface area contributed by atoms with Crippen LogP contribution in [0.2, 0.25) is 0 Å². The summed E-state index contributed by atoms with van der Waals surface area (Å²) < 4.78 is 5.59. The average molecular weight is 281 g/mol. The summed E-state index contributed by atoms with van der Waals surface area (Å²) in [5, 5.41) is 12.8. The number of hydrogen-bond acceptors (Lipinski definition) is 3. The number of likely N-dealkylation sites (tertiary alicyclic amines) is 1. The summed E-state index contributed by atoms with van der Waals surface area (Å²) in [7, 11) is 0. The van der Waals surface area contributed by atoms with E-state index in [1.807, 2.05) is 0 Å².